The van der Waals surface area contributed by atoms with Crippen molar-refractivity contribution >= 4 is 0 Å². The maximum atomic E-state index is 8.65. The predicted octanol–water partition coefficient (Wildman–Crippen LogP) is 2.30. The first-order valence-corrected chi connectivity index (χ1v) is 4.74. The van der Waals surface area contributed by atoms with Gasteiger partial charge < -0.3 is 0 Å². The summed E-state index contributed by atoms with van der Waals surface area (Å²) in [4.78, 5) is 4.25. The number of pyridine rings is 1. The Bertz CT molecular complexity index is 334. The van der Waals surface area contributed by atoms with Gasteiger partial charge in [-0.2, -0.15) is 5.26 Å². The molecule has 0 aliphatic heterocycles. The quantitative estimate of drug-likeness (QED) is 0.686. The molecule has 0 unspecified atom stereocenters. The zero-order valence-electron chi connectivity index (χ0n) is 7.53. The first kappa shape index (κ1) is 8.25. The number of hydrogen-bond acceptors (Lipinski definition) is 2. The van der Waals surface area contributed by atoms with Crippen LogP contribution in [0.4, 0.5) is 0 Å². The molecule has 0 saturated heterocycles. The maximum Gasteiger partial charge on any atom is 0.140 e. The van der Waals surface area contributed by atoms with E-state index in [0.29, 0.717) is 5.69 Å². The lowest BCUT2D eigenvalue weighted by atomic mass is 9.82. The van der Waals surface area contributed by atoms with Crippen molar-refractivity contribution in [2.75, 3.05) is 0 Å². The number of nitriles is 1. The van der Waals surface area contributed by atoms with Crippen LogP contribution in [-0.2, 0) is 6.42 Å². The van der Waals surface area contributed by atoms with Gasteiger partial charge >= 0.3 is 0 Å². The normalized spacial score (nSPS) is 16.2. The minimum absolute atomic E-state index is 0.539. The van der Waals surface area contributed by atoms with Gasteiger partial charge in [0, 0.05) is 5.69 Å². The van der Waals surface area contributed by atoms with E-state index in [1.165, 1.54) is 19.3 Å². The lowest BCUT2D eigenvalue weighted by molar-refractivity contribution is 0.312. The molecule has 0 aromatic carbocycles. The largest absolute Gasteiger partial charge is 0.242 e. The Morgan fingerprint density at radius 2 is 2.31 bits per heavy atom. The van der Waals surface area contributed by atoms with E-state index in [2.05, 4.69) is 11.1 Å². The zero-order chi connectivity index (χ0) is 9.10. The van der Waals surface area contributed by atoms with E-state index in [1.807, 2.05) is 12.1 Å². The van der Waals surface area contributed by atoms with E-state index in [4.69, 9.17) is 5.26 Å². The Balaban J connectivity index is 2.07. The fourth-order valence-electron chi connectivity index (χ4n) is 1.65. The molecule has 2 heteroatoms. The molecule has 0 amide bonds. The van der Waals surface area contributed by atoms with Gasteiger partial charge in [-0.05, 0) is 24.5 Å². The average Bonchev–Trinajstić information content (AvgIpc) is 2.12. The Morgan fingerprint density at radius 3 is 2.92 bits per heavy atom. The molecule has 0 atom stereocenters. The molecule has 1 aliphatic carbocycles. The van der Waals surface area contributed by atoms with Crippen LogP contribution in [0.25, 0.3) is 0 Å². The summed E-state index contributed by atoms with van der Waals surface area (Å²) >= 11 is 0. The minimum Gasteiger partial charge on any atom is -0.242 e. The van der Waals surface area contributed by atoms with Crippen LogP contribution in [0.3, 0.4) is 0 Å². The molecule has 0 spiro atoms. The summed E-state index contributed by atoms with van der Waals surface area (Å²) in [6, 6.07) is 7.75. The molecule has 66 valence electrons. The van der Waals surface area contributed by atoms with E-state index in [0.717, 1.165) is 18.0 Å². The van der Waals surface area contributed by atoms with Gasteiger partial charge in [-0.3, -0.25) is 0 Å². The Kier molecular flexibility index (Phi) is 2.27. The van der Waals surface area contributed by atoms with Gasteiger partial charge in [0.05, 0.1) is 0 Å². The van der Waals surface area contributed by atoms with Crippen molar-refractivity contribution in [1.29, 1.82) is 5.26 Å². The highest BCUT2D eigenvalue weighted by molar-refractivity contribution is 5.22. The molecule has 1 fully saturated rings. The summed E-state index contributed by atoms with van der Waals surface area (Å²) in [5.74, 6) is 0.821. The molecular weight excluding hydrogens is 160 g/mol. The van der Waals surface area contributed by atoms with Gasteiger partial charge in [-0.1, -0.05) is 25.3 Å². The Morgan fingerprint density at radius 1 is 1.46 bits per heavy atom. The van der Waals surface area contributed by atoms with Crippen molar-refractivity contribution in [1.82, 2.24) is 4.98 Å². The molecule has 1 heterocycles. The molecule has 1 aliphatic rings. The van der Waals surface area contributed by atoms with E-state index < -0.39 is 0 Å². The Labute approximate surface area is 78.2 Å². The summed E-state index contributed by atoms with van der Waals surface area (Å²) in [6.07, 6.45) is 5.08. The van der Waals surface area contributed by atoms with Crippen LogP contribution in [-0.4, -0.2) is 4.98 Å². The van der Waals surface area contributed by atoms with Crippen LogP contribution in [0.15, 0.2) is 18.2 Å². The van der Waals surface area contributed by atoms with Crippen LogP contribution in [0, 0.1) is 17.2 Å². The van der Waals surface area contributed by atoms with Crippen molar-refractivity contribution in [3.8, 4) is 6.07 Å². The molecule has 0 radical (unpaired) electrons. The van der Waals surface area contributed by atoms with Gasteiger partial charge in [0.25, 0.3) is 0 Å². The molecular formula is C11H12N2. The van der Waals surface area contributed by atoms with Crippen LogP contribution in [0.2, 0.25) is 0 Å². The number of rotatable bonds is 2. The van der Waals surface area contributed by atoms with Crippen LogP contribution < -0.4 is 0 Å². The maximum absolute atomic E-state index is 8.65. The van der Waals surface area contributed by atoms with Gasteiger partial charge in [0.1, 0.15) is 11.8 Å². The van der Waals surface area contributed by atoms with E-state index in [1.54, 1.807) is 6.07 Å². The predicted molar refractivity (Wildman–Crippen MR) is 50.0 cm³/mol. The molecule has 0 bridgehead atoms. The van der Waals surface area contributed by atoms with Gasteiger partial charge in [0.15, 0.2) is 0 Å². The van der Waals surface area contributed by atoms with Gasteiger partial charge in [-0.25, -0.2) is 4.98 Å². The zero-order valence-corrected chi connectivity index (χ0v) is 7.53. The van der Waals surface area contributed by atoms with Crippen LogP contribution in [0.1, 0.15) is 30.7 Å². The third-order valence-corrected chi connectivity index (χ3v) is 2.64. The highest BCUT2D eigenvalue weighted by Crippen LogP contribution is 2.29. The topological polar surface area (TPSA) is 36.7 Å². The van der Waals surface area contributed by atoms with E-state index in [9.17, 15) is 0 Å². The van der Waals surface area contributed by atoms with E-state index in [-0.39, 0.29) is 0 Å². The van der Waals surface area contributed by atoms with Crippen LogP contribution in [0.5, 0.6) is 0 Å². The molecule has 2 rings (SSSR count). The van der Waals surface area contributed by atoms with E-state index >= 15 is 0 Å². The first-order valence-electron chi connectivity index (χ1n) is 4.74. The fraction of sp³-hybridized carbons (Fsp3) is 0.455. The highest BCUT2D eigenvalue weighted by atomic mass is 14.7. The van der Waals surface area contributed by atoms with Crippen LogP contribution >= 0.6 is 0 Å². The highest BCUT2D eigenvalue weighted by Gasteiger charge is 2.18. The second kappa shape index (κ2) is 3.57. The van der Waals surface area contributed by atoms with Crippen molar-refractivity contribution in [3.05, 3.63) is 29.6 Å². The van der Waals surface area contributed by atoms with Crippen molar-refractivity contribution in [2.45, 2.75) is 25.7 Å². The fourth-order valence-corrected chi connectivity index (χ4v) is 1.65. The number of nitrogens with zero attached hydrogens (tertiary/aromatic N) is 2. The minimum atomic E-state index is 0.539. The standard InChI is InChI=1S/C11H12N2/c12-8-11-6-2-5-10(13-11)7-9-3-1-4-9/h2,5-6,9H,1,3-4,7H2. The second-order valence-electron chi connectivity index (χ2n) is 3.63. The summed E-state index contributed by atoms with van der Waals surface area (Å²) in [5.41, 5.74) is 1.61. The molecule has 13 heavy (non-hydrogen) atoms. The lowest BCUT2D eigenvalue weighted by Gasteiger charge is -2.24. The van der Waals surface area contributed by atoms with Crippen molar-refractivity contribution in [3.63, 3.8) is 0 Å². The molecule has 1 saturated carbocycles. The monoisotopic (exact) mass is 172 g/mol. The number of aromatic nitrogens is 1. The second-order valence-corrected chi connectivity index (χ2v) is 3.63. The Hall–Kier alpha value is -1.36. The SMILES string of the molecule is N#Cc1cccc(CC2CCC2)n1. The summed E-state index contributed by atoms with van der Waals surface area (Å²) in [5, 5.41) is 8.65. The molecule has 1 aromatic heterocycles. The third kappa shape index (κ3) is 1.86. The molecule has 0 N–H and O–H groups in total. The number of hydrogen-bond donors (Lipinski definition) is 0. The van der Waals surface area contributed by atoms with Gasteiger partial charge in [-0.15, -0.1) is 0 Å². The summed E-state index contributed by atoms with van der Waals surface area (Å²) < 4.78 is 0. The summed E-state index contributed by atoms with van der Waals surface area (Å²) in [7, 11) is 0. The smallest absolute Gasteiger partial charge is 0.140 e. The molecule has 2 nitrogen and oxygen atoms in total. The van der Waals surface area contributed by atoms with Gasteiger partial charge in [0.2, 0.25) is 0 Å². The first-order chi connectivity index (χ1) is 6.38. The summed E-state index contributed by atoms with van der Waals surface area (Å²) in [6.45, 7) is 0. The average molecular weight is 172 g/mol. The lowest BCUT2D eigenvalue weighted by Crippen LogP contribution is -2.14. The van der Waals surface area contributed by atoms with Crippen molar-refractivity contribution in [2.24, 2.45) is 5.92 Å². The third-order valence-electron chi connectivity index (χ3n) is 2.64. The molecule has 1 aromatic rings. The van der Waals surface area contributed by atoms with Crippen molar-refractivity contribution < 1.29 is 0 Å².